The number of allylic oxidation sites excluding steroid dienone is 1. The Balaban J connectivity index is 2.02. The number of likely N-dealkylation sites (N-methyl/N-ethyl adjacent to an activating group) is 1. The zero-order valence-corrected chi connectivity index (χ0v) is 11.0. The lowest BCUT2D eigenvalue weighted by atomic mass is 10.00. The Labute approximate surface area is 107 Å². The third kappa shape index (κ3) is 2.18. The van der Waals surface area contributed by atoms with Crippen molar-refractivity contribution >= 4 is 5.97 Å². The van der Waals surface area contributed by atoms with Gasteiger partial charge in [-0.2, -0.15) is 0 Å². The molecule has 0 spiro atoms. The summed E-state index contributed by atoms with van der Waals surface area (Å²) in [6.45, 7) is 3.51. The fourth-order valence-electron chi connectivity index (χ4n) is 2.89. The summed E-state index contributed by atoms with van der Waals surface area (Å²) in [6.07, 6.45) is 1.17. The molecule has 0 aromatic heterocycles. The summed E-state index contributed by atoms with van der Waals surface area (Å²) in [4.78, 5) is 13.7. The van der Waals surface area contributed by atoms with E-state index in [9.17, 15) is 15.0 Å². The Morgan fingerprint density at radius 3 is 2.22 bits per heavy atom. The number of piperidine rings is 1. The third-order valence-electron chi connectivity index (χ3n) is 4.22. The van der Waals surface area contributed by atoms with E-state index in [-0.39, 0.29) is 24.2 Å². The number of hydrogen-bond acceptors (Lipinski definition) is 5. The van der Waals surface area contributed by atoms with E-state index in [2.05, 4.69) is 0 Å². The van der Waals surface area contributed by atoms with Gasteiger partial charge in [0, 0.05) is 30.5 Å². The standard InChI is InChI=1S/C13H21NO4/c1-4-7(2)13(17)18-8-5-9-11(15)12(16)10(6-8)14(9)3/h4,8-12,15-16H,5-6H2,1-3H3/t8?,9-,10+,11-,12-/m1/s1. The maximum atomic E-state index is 11.7. The number of aliphatic hydroxyl groups is 2. The van der Waals surface area contributed by atoms with Crippen molar-refractivity contribution in [2.24, 2.45) is 0 Å². The Morgan fingerprint density at radius 2 is 1.78 bits per heavy atom. The first-order chi connectivity index (χ1) is 8.45. The van der Waals surface area contributed by atoms with Crippen molar-refractivity contribution in [1.82, 2.24) is 4.90 Å². The molecule has 5 nitrogen and oxygen atoms in total. The number of hydrogen-bond donors (Lipinski definition) is 2. The predicted octanol–water partition coefficient (Wildman–Crippen LogP) is 0.0626. The molecule has 2 aliphatic heterocycles. The number of carbonyl (C=O) groups is 1. The number of rotatable bonds is 2. The van der Waals surface area contributed by atoms with Crippen LogP contribution in [-0.4, -0.2) is 58.5 Å². The summed E-state index contributed by atoms with van der Waals surface area (Å²) in [6, 6.07) is -0.245. The van der Waals surface area contributed by atoms with Crippen LogP contribution in [-0.2, 0) is 9.53 Å². The van der Waals surface area contributed by atoms with Crippen LogP contribution in [0.2, 0.25) is 0 Å². The summed E-state index contributed by atoms with van der Waals surface area (Å²) in [5.74, 6) is -0.310. The lowest BCUT2D eigenvalue weighted by Crippen LogP contribution is -2.46. The molecule has 2 N–H and O–H groups in total. The molecular weight excluding hydrogens is 234 g/mol. The van der Waals surface area contributed by atoms with E-state index in [1.807, 2.05) is 11.9 Å². The fourth-order valence-corrected chi connectivity index (χ4v) is 2.89. The Hall–Kier alpha value is -0.910. The van der Waals surface area contributed by atoms with Crippen LogP contribution < -0.4 is 0 Å². The largest absolute Gasteiger partial charge is 0.459 e. The molecule has 2 fully saturated rings. The van der Waals surface area contributed by atoms with E-state index < -0.39 is 12.2 Å². The van der Waals surface area contributed by atoms with Gasteiger partial charge in [0.1, 0.15) is 6.10 Å². The Morgan fingerprint density at radius 1 is 1.28 bits per heavy atom. The van der Waals surface area contributed by atoms with Crippen molar-refractivity contribution in [2.45, 2.75) is 57.1 Å². The minimum absolute atomic E-state index is 0.123. The topological polar surface area (TPSA) is 70.0 Å². The smallest absolute Gasteiger partial charge is 0.333 e. The number of aliphatic hydroxyl groups excluding tert-OH is 2. The van der Waals surface area contributed by atoms with Crippen molar-refractivity contribution in [3.8, 4) is 0 Å². The first-order valence-corrected chi connectivity index (χ1v) is 6.37. The highest BCUT2D eigenvalue weighted by Gasteiger charge is 2.51. The van der Waals surface area contributed by atoms with Crippen LogP contribution in [0.4, 0.5) is 0 Å². The van der Waals surface area contributed by atoms with Crippen molar-refractivity contribution in [3.05, 3.63) is 11.6 Å². The molecule has 18 heavy (non-hydrogen) atoms. The van der Waals surface area contributed by atoms with Crippen LogP contribution in [0.15, 0.2) is 11.6 Å². The van der Waals surface area contributed by atoms with Gasteiger partial charge in [0.15, 0.2) is 0 Å². The van der Waals surface area contributed by atoms with E-state index in [0.717, 1.165) is 0 Å². The van der Waals surface area contributed by atoms with Crippen molar-refractivity contribution in [2.75, 3.05) is 7.05 Å². The number of fused-ring (bicyclic) bond motifs is 2. The van der Waals surface area contributed by atoms with Crippen LogP contribution >= 0.6 is 0 Å². The zero-order chi connectivity index (χ0) is 13.4. The molecule has 2 saturated heterocycles. The monoisotopic (exact) mass is 255 g/mol. The summed E-state index contributed by atoms with van der Waals surface area (Å²) in [7, 11) is 1.89. The SMILES string of the molecule is CC=C(C)C(=O)OC1C[C@@H]2[C@@H](O)[C@H](O)[C@H](C1)N2C. The lowest BCUT2D eigenvalue weighted by Gasteiger charge is -2.35. The summed E-state index contributed by atoms with van der Waals surface area (Å²) >= 11 is 0. The molecule has 0 saturated carbocycles. The van der Waals surface area contributed by atoms with Crippen molar-refractivity contribution in [1.29, 1.82) is 0 Å². The van der Waals surface area contributed by atoms with Gasteiger partial charge in [-0.3, -0.25) is 4.90 Å². The summed E-state index contributed by atoms with van der Waals surface area (Å²) in [5.41, 5.74) is 0.586. The molecule has 0 amide bonds. The van der Waals surface area contributed by atoms with Crippen LogP contribution in [0.3, 0.4) is 0 Å². The first-order valence-electron chi connectivity index (χ1n) is 6.37. The van der Waals surface area contributed by atoms with Crippen LogP contribution in [0.1, 0.15) is 26.7 Å². The van der Waals surface area contributed by atoms with Gasteiger partial charge in [-0.25, -0.2) is 4.79 Å². The zero-order valence-electron chi connectivity index (χ0n) is 11.0. The number of carbonyl (C=O) groups excluding carboxylic acids is 1. The molecule has 1 unspecified atom stereocenters. The third-order valence-corrected chi connectivity index (χ3v) is 4.22. The van der Waals surface area contributed by atoms with Crippen LogP contribution in [0.25, 0.3) is 0 Å². The summed E-state index contributed by atoms with van der Waals surface area (Å²) < 4.78 is 5.41. The van der Waals surface area contributed by atoms with Gasteiger partial charge in [-0.05, 0) is 20.9 Å². The molecule has 5 heteroatoms. The second kappa shape index (κ2) is 4.99. The van der Waals surface area contributed by atoms with Gasteiger partial charge < -0.3 is 14.9 Å². The van der Waals surface area contributed by atoms with E-state index in [1.54, 1.807) is 19.9 Å². The highest BCUT2D eigenvalue weighted by Crippen LogP contribution is 2.36. The minimum atomic E-state index is -0.744. The molecular formula is C13H21NO4. The molecule has 2 heterocycles. The molecule has 0 radical (unpaired) electrons. The van der Waals surface area contributed by atoms with Gasteiger partial charge in [0.2, 0.25) is 0 Å². The quantitative estimate of drug-likeness (QED) is 0.539. The highest BCUT2D eigenvalue weighted by molar-refractivity contribution is 5.87. The van der Waals surface area contributed by atoms with Crippen molar-refractivity contribution < 1.29 is 19.7 Å². The number of nitrogens with zero attached hydrogens (tertiary/aromatic N) is 1. The highest BCUT2D eigenvalue weighted by atomic mass is 16.5. The molecule has 2 rings (SSSR count). The number of esters is 1. The maximum Gasteiger partial charge on any atom is 0.333 e. The molecule has 0 aromatic rings. The van der Waals surface area contributed by atoms with Crippen molar-refractivity contribution in [3.63, 3.8) is 0 Å². The Bertz CT molecular complexity index is 342. The van der Waals surface area contributed by atoms with Gasteiger partial charge in [-0.15, -0.1) is 0 Å². The minimum Gasteiger partial charge on any atom is -0.459 e. The molecule has 102 valence electrons. The molecule has 0 aromatic carbocycles. The average molecular weight is 255 g/mol. The molecule has 2 bridgehead atoms. The van der Waals surface area contributed by atoms with Gasteiger partial charge in [0.25, 0.3) is 0 Å². The van der Waals surface area contributed by atoms with Crippen LogP contribution in [0.5, 0.6) is 0 Å². The van der Waals surface area contributed by atoms with Gasteiger partial charge in [0.05, 0.1) is 12.2 Å². The van der Waals surface area contributed by atoms with E-state index in [4.69, 9.17) is 4.74 Å². The molecule has 0 aliphatic carbocycles. The van der Waals surface area contributed by atoms with Gasteiger partial charge in [-0.1, -0.05) is 6.08 Å². The second-order valence-electron chi connectivity index (χ2n) is 5.25. The molecule has 2 aliphatic rings. The van der Waals surface area contributed by atoms with E-state index in [1.165, 1.54) is 0 Å². The fraction of sp³-hybridized carbons (Fsp3) is 0.769. The Kier molecular flexibility index (Phi) is 3.75. The summed E-state index contributed by atoms with van der Waals surface area (Å²) in [5, 5.41) is 19.8. The number of ether oxygens (including phenoxy) is 1. The predicted molar refractivity (Wildman–Crippen MR) is 65.9 cm³/mol. The van der Waals surface area contributed by atoms with Crippen LogP contribution in [0, 0.1) is 0 Å². The van der Waals surface area contributed by atoms with E-state index >= 15 is 0 Å². The lowest BCUT2D eigenvalue weighted by molar-refractivity contribution is -0.148. The van der Waals surface area contributed by atoms with Gasteiger partial charge >= 0.3 is 5.97 Å². The second-order valence-corrected chi connectivity index (χ2v) is 5.25. The molecule has 5 atom stereocenters. The van der Waals surface area contributed by atoms with E-state index in [0.29, 0.717) is 18.4 Å². The maximum absolute atomic E-state index is 11.7. The average Bonchev–Trinajstić information content (AvgIpc) is 2.50. The first kappa shape index (κ1) is 13.5. The normalized spacial score (nSPS) is 40.9.